The first-order valence-corrected chi connectivity index (χ1v) is 7.28. The number of hydrogen-bond acceptors (Lipinski definition) is 6. The van der Waals surface area contributed by atoms with E-state index in [1.165, 1.54) is 0 Å². The lowest BCUT2D eigenvalue weighted by Gasteiger charge is -2.16. The molecule has 0 aliphatic heterocycles. The van der Waals surface area contributed by atoms with Gasteiger partial charge in [0, 0.05) is 31.5 Å². The molecule has 7 heteroatoms. The van der Waals surface area contributed by atoms with Crippen molar-refractivity contribution in [3.8, 4) is 5.69 Å². The molecule has 0 bridgehead atoms. The summed E-state index contributed by atoms with van der Waals surface area (Å²) in [6.45, 7) is 0.603. The van der Waals surface area contributed by atoms with Gasteiger partial charge in [-0.3, -0.25) is 0 Å². The highest BCUT2D eigenvalue weighted by molar-refractivity contribution is 5.53. The van der Waals surface area contributed by atoms with Gasteiger partial charge < -0.3 is 15.3 Å². The molecule has 0 fully saturated rings. The topological polar surface area (TPSA) is 79.1 Å². The summed E-state index contributed by atoms with van der Waals surface area (Å²) in [7, 11) is 1.88. The number of nitrogens with zero attached hydrogens (tertiary/aromatic N) is 5. The number of aliphatic hydroxyl groups is 1. The van der Waals surface area contributed by atoms with Crippen LogP contribution in [0.1, 0.15) is 0 Å². The van der Waals surface area contributed by atoms with E-state index in [0.717, 1.165) is 17.2 Å². The molecule has 3 aromatic rings. The van der Waals surface area contributed by atoms with E-state index in [-0.39, 0.29) is 6.61 Å². The molecule has 23 heavy (non-hydrogen) atoms. The highest BCUT2D eigenvalue weighted by Gasteiger charge is 2.07. The molecule has 2 heterocycles. The number of rotatable bonds is 6. The van der Waals surface area contributed by atoms with Crippen LogP contribution in [0.2, 0.25) is 0 Å². The van der Waals surface area contributed by atoms with E-state index in [4.69, 9.17) is 5.11 Å². The molecule has 2 aromatic heterocycles. The second-order valence-corrected chi connectivity index (χ2v) is 5.02. The summed E-state index contributed by atoms with van der Waals surface area (Å²) < 4.78 is 1.68. The van der Waals surface area contributed by atoms with Crippen molar-refractivity contribution in [1.82, 2.24) is 19.7 Å². The van der Waals surface area contributed by atoms with Crippen molar-refractivity contribution in [2.24, 2.45) is 0 Å². The fourth-order valence-corrected chi connectivity index (χ4v) is 2.12. The molecule has 0 unspecified atom stereocenters. The maximum Gasteiger partial charge on any atom is 0.246 e. The average molecular weight is 310 g/mol. The number of likely N-dealkylation sites (N-methyl/N-ethyl adjacent to an activating group) is 1. The van der Waals surface area contributed by atoms with E-state index in [2.05, 4.69) is 20.4 Å². The summed E-state index contributed by atoms with van der Waals surface area (Å²) in [6, 6.07) is 13.5. The van der Waals surface area contributed by atoms with Crippen LogP contribution in [0.15, 0.2) is 55.0 Å². The highest BCUT2D eigenvalue weighted by Crippen LogP contribution is 2.16. The Hall–Kier alpha value is -2.93. The molecule has 3 rings (SSSR count). The maximum absolute atomic E-state index is 9.02. The highest BCUT2D eigenvalue weighted by atomic mass is 16.3. The van der Waals surface area contributed by atoms with Gasteiger partial charge in [-0.1, -0.05) is 18.2 Å². The Morgan fingerprint density at radius 3 is 2.78 bits per heavy atom. The lowest BCUT2D eigenvalue weighted by molar-refractivity contribution is 0.304. The quantitative estimate of drug-likeness (QED) is 0.723. The molecule has 0 spiro atoms. The number of para-hydroxylation sites is 1. The standard InChI is InChI=1S/C16H18N6O/c1-21(9-10-23)15-11-14(7-8-17-15)22-12-18-16(20-22)19-13-5-3-2-4-6-13/h2-8,11-12,23H,9-10H2,1H3,(H,19,20). The largest absolute Gasteiger partial charge is 0.395 e. The molecular weight excluding hydrogens is 292 g/mol. The van der Waals surface area contributed by atoms with Crippen LogP contribution in [0.3, 0.4) is 0 Å². The average Bonchev–Trinajstić information content (AvgIpc) is 3.05. The smallest absolute Gasteiger partial charge is 0.246 e. The first-order chi connectivity index (χ1) is 11.3. The van der Waals surface area contributed by atoms with Crippen molar-refractivity contribution in [2.45, 2.75) is 0 Å². The van der Waals surface area contributed by atoms with Crippen molar-refractivity contribution < 1.29 is 5.11 Å². The van der Waals surface area contributed by atoms with Crippen LogP contribution >= 0.6 is 0 Å². The van der Waals surface area contributed by atoms with Crippen LogP contribution < -0.4 is 10.2 Å². The zero-order valence-corrected chi connectivity index (χ0v) is 12.8. The van der Waals surface area contributed by atoms with Gasteiger partial charge in [-0.15, -0.1) is 5.10 Å². The van der Waals surface area contributed by atoms with Crippen LogP contribution in [0.4, 0.5) is 17.5 Å². The zero-order valence-electron chi connectivity index (χ0n) is 12.8. The van der Waals surface area contributed by atoms with Crippen LogP contribution in [0.25, 0.3) is 5.69 Å². The fourth-order valence-electron chi connectivity index (χ4n) is 2.12. The van der Waals surface area contributed by atoms with Crippen LogP contribution in [-0.2, 0) is 0 Å². The van der Waals surface area contributed by atoms with Gasteiger partial charge in [0.05, 0.1) is 12.3 Å². The van der Waals surface area contributed by atoms with Crippen molar-refractivity contribution >= 4 is 17.5 Å². The molecule has 7 nitrogen and oxygen atoms in total. The Morgan fingerprint density at radius 1 is 1.17 bits per heavy atom. The molecule has 0 radical (unpaired) electrons. The summed E-state index contributed by atoms with van der Waals surface area (Å²) in [5.41, 5.74) is 1.79. The monoisotopic (exact) mass is 310 g/mol. The van der Waals surface area contributed by atoms with E-state index in [0.29, 0.717) is 12.5 Å². The number of pyridine rings is 1. The Bertz CT molecular complexity index is 758. The lowest BCUT2D eigenvalue weighted by Crippen LogP contribution is -2.22. The van der Waals surface area contributed by atoms with Crippen molar-refractivity contribution in [1.29, 1.82) is 0 Å². The first kappa shape index (κ1) is 15.0. The van der Waals surface area contributed by atoms with E-state index in [9.17, 15) is 0 Å². The SMILES string of the molecule is CN(CCO)c1cc(-n2cnc(Nc3ccccc3)n2)ccn1. The Kier molecular flexibility index (Phi) is 4.49. The molecule has 0 amide bonds. The van der Waals surface area contributed by atoms with Crippen molar-refractivity contribution in [3.05, 3.63) is 55.0 Å². The Morgan fingerprint density at radius 2 is 2.00 bits per heavy atom. The summed E-state index contributed by atoms with van der Waals surface area (Å²) in [4.78, 5) is 10.4. The fraction of sp³-hybridized carbons (Fsp3) is 0.188. The van der Waals surface area contributed by atoms with Gasteiger partial charge in [-0.05, 0) is 18.2 Å². The number of nitrogens with one attached hydrogen (secondary N) is 1. The van der Waals surface area contributed by atoms with Crippen molar-refractivity contribution in [2.75, 3.05) is 30.4 Å². The molecule has 0 saturated heterocycles. The molecule has 0 aliphatic carbocycles. The molecule has 118 valence electrons. The van der Waals surface area contributed by atoms with Crippen LogP contribution in [0, 0.1) is 0 Å². The minimum atomic E-state index is 0.0802. The van der Waals surface area contributed by atoms with Crippen LogP contribution in [-0.4, -0.2) is 45.1 Å². The third kappa shape index (κ3) is 3.64. The van der Waals surface area contributed by atoms with Gasteiger partial charge in [-0.25, -0.2) is 9.67 Å². The van der Waals surface area contributed by atoms with E-state index in [1.807, 2.05) is 54.4 Å². The number of aromatic nitrogens is 4. The second-order valence-electron chi connectivity index (χ2n) is 5.02. The van der Waals surface area contributed by atoms with E-state index >= 15 is 0 Å². The normalized spacial score (nSPS) is 10.5. The molecule has 0 atom stereocenters. The predicted molar refractivity (Wildman–Crippen MR) is 89.2 cm³/mol. The summed E-state index contributed by atoms with van der Waals surface area (Å²) in [5.74, 6) is 1.29. The third-order valence-corrected chi connectivity index (χ3v) is 3.34. The minimum absolute atomic E-state index is 0.0802. The van der Waals surface area contributed by atoms with Gasteiger partial charge in [0.2, 0.25) is 5.95 Å². The van der Waals surface area contributed by atoms with Crippen LogP contribution in [0.5, 0.6) is 0 Å². The molecule has 1 aromatic carbocycles. The van der Waals surface area contributed by atoms with E-state index < -0.39 is 0 Å². The van der Waals surface area contributed by atoms with Gasteiger partial charge in [0.15, 0.2) is 0 Å². The van der Waals surface area contributed by atoms with Gasteiger partial charge in [-0.2, -0.15) is 4.98 Å². The van der Waals surface area contributed by atoms with E-state index in [1.54, 1.807) is 17.2 Å². The number of hydrogen-bond donors (Lipinski definition) is 2. The predicted octanol–water partition coefficient (Wildman–Crippen LogP) is 1.83. The zero-order chi connectivity index (χ0) is 16.1. The molecule has 0 aliphatic rings. The maximum atomic E-state index is 9.02. The van der Waals surface area contributed by atoms with Crippen molar-refractivity contribution in [3.63, 3.8) is 0 Å². The summed E-state index contributed by atoms with van der Waals surface area (Å²) in [5, 5.41) is 16.6. The number of anilines is 3. The van der Waals surface area contributed by atoms with Gasteiger partial charge in [0.1, 0.15) is 12.1 Å². The van der Waals surface area contributed by atoms with Gasteiger partial charge >= 0.3 is 0 Å². The number of aliphatic hydroxyl groups excluding tert-OH is 1. The lowest BCUT2D eigenvalue weighted by atomic mass is 10.3. The second kappa shape index (κ2) is 6.89. The molecule has 2 N–H and O–H groups in total. The summed E-state index contributed by atoms with van der Waals surface area (Å²) in [6.07, 6.45) is 3.36. The molecular formula is C16H18N6O. The van der Waals surface area contributed by atoms with Gasteiger partial charge in [0.25, 0.3) is 0 Å². The minimum Gasteiger partial charge on any atom is -0.395 e. The summed E-state index contributed by atoms with van der Waals surface area (Å²) >= 11 is 0. The number of benzene rings is 1. The Labute approximate surface area is 134 Å². The molecule has 0 saturated carbocycles. The Balaban J connectivity index is 1.79. The first-order valence-electron chi connectivity index (χ1n) is 7.28. The third-order valence-electron chi connectivity index (χ3n) is 3.34.